The molecule has 3 amide bonds. The molecule has 0 saturated carbocycles. The number of aliphatic hydroxyl groups is 1. The smallest absolute Gasteiger partial charge is 0.325 e. The van der Waals surface area contributed by atoms with Crippen molar-refractivity contribution in [3.63, 3.8) is 0 Å². The Morgan fingerprint density at radius 2 is 2.03 bits per heavy atom. The minimum Gasteiger partial charge on any atom is -0.468 e. The minimum absolute atomic E-state index is 0.0883. The molecule has 200 valence electrons. The van der Waals surface area contributed by atoms with E-state index in [2.05, 4.69) is 10.6 Å². The molecular formula is C26H29N5O7. The van der Waals surface area contributed by atoms with Crippen molar-refractivity contribution in [3.8, 4) is 0 Å². The number of anilines is 3. The van der Waals surface area contributed by atoms with Crippen LogP contribution in [-0.4, -0.2) is 67.8 Å². The Morgan fingerprint density at radius 1 is 1.21 bits per heavy atom. The van der Waals surface area contributed by atoms with Crippen molar-refractivity contribution in [2.45, 2.75) is 37.8 Å². The third-order valence-electron chi connectivity index (χ3n) is 7.03. The molecule has 3 aliphatic heterocycles. The number of amides is 3. The zero-order chi connectivity index (χ0) is 27.0. The number of nitrogens with zero attached hydrogens (tertiary/aromatic N) is 2. The van der Waals surface area contributed by atoms with Crippen molar-refractivity contribution in [1.82, 2.24) is 5.32 Å². The van der Waals surface area contributed by atoms with Gasteiger partial charge in [-0.3, -0.25) is 24.5 Å². The molecule has 0 radical (unpaired) electrons. The second kappa shape index (κ2) is 10.5. The van der Waals surface area contributed by atoms with E-state index in [1.807, 2.05) is 0 Å². The van der Waals surface area contributed by atoms with Crippen molar-refractivity contribution in [3.05, 3.63) is 53.1 Å². The predicted octanol–water partition coefficient (Wildman–Crippen LogP) is -0.0693. The molecule has 12 nitrogen and oxygen atoms in total. The van der Waals surface area contributed by atoms with Gasteiger partial charge in [0.2, 0.25) is 5.91 Å². The monoisotopic (exact) mass is 523 g/mol. The fourth-order valence-electron chi connectivity index (χ4n) is 4.97. The van der Waals surface area contributed by atoms with Crippen molar-refractivity contribution in [2.24, 2.45) is 5.73 Å². The van der Waals surface area contributed by atoms with E-state index in [9.17, 15) is 24.3 Å². The van der Waals surface area contributed by atoms with E-state index < -0.39 is 30.0 Å². The lowest BCUT2D eigenvalue weighted by atomic mass is 9.99. The number of fused-ring (bicyclic) bond motifs is 2. The fraction of sp³-hybridized carbons (Fsp3) is 0.385. The van der Waals surface area contributed by atoms with Gasteiger partial charge in [0.1, 0.15) is 6.54 Å². The third kappa shape index (κ3) is 4.86. The van der Waals surface area contributed by atoms with Crippen LogP contribution in [0.5, 0.6) is 0 Å². The van der Waals surface area contributed by atoms with E-state index in [4.69, 9.17) is 15.2 Å². The summed E-state index contributed by atoms with van der Waals surface area (Å²) in [5.41, 5.74) is 10.1. The largest absolute Gasteiger partial charge is 0.468 e. The minimum atomic E-state index is -1.76. The first-order valence-electron chi connectivity index (χ1n) is 12.3. The Balaban J connectivity index is 1.32. The Labute approximate surface area is 218 Å². The molecule has 5 N–H and O–H groups in total. The highest BCUT2D eigenvalue weighted by Crippen LogP contribution is 2.33. The lowest BCUT2D eigenvalue weighted by Crippen LogP contribution is -2.55. The highest BCUT2D eigenvalue weighted by Gasteiger charge is 2.40. The van der Waals surface area contributed by atoms with Gasteiger partial charge in [0.15, 0.2) is 12.2 Å². The molecular weight excluding hydrogens is 494 g/mol. The molecule has 3 heterocycles. The van der Waals surface area contributed by atoms with E-state index in [0.717, 1.165) is 16.7 Å². The summed E-state index contributed by atoms with van der Waals surface area (Å²) in [5.74, 6) is -2.15. The Morgan fingerprint density at radius 3 is 2.82 bits per heavy atom. The number of morpholine rings is 1. The molecule has 0 aliphatic carbocycles. The zero-order valence-electron chi connectivity index (χ0n) is 20.8. The van der Waals surface area contributed by atoms with E-state index in [1.54, 1.807) is 36.4 Å². The quantitative estimate of drug-likeness (QED) is 0.380. The Bertz CT molecular complexity index is 1300. The van der Waals surface area contributed by atoms with Crippen molar-refractivity contribution in [2.75, 3.05) is 41.9 Å². The van der Waals surface area contributed by atoms with Crippen LogP contribution in [0, 0.1) is 0 Å². The number of aliphatic hydroxyl groups excluding tert-OH is 1. The van der Waals surface area contributed by atoms with Crippen LogP contribution in [0.4, 0.5) is 17.1 Å². The van der Waals surface area contributed by atoms with Crippen LogP contribution in [-0.2, 0) is 41.6 Å². The molecule has 3 aliphatic rings. The summed E-state index contributed by atoms with van der Waals surface area (Å²) >= 11 is 0. The second-order valence-corrected chi connectivity index (χ2v) is 9.36. The van der Waals surface area contributed by atoms with Gasteiger partial charge in [0.25, 0.3) is 11.8 Å². The van der Waals surface area contributed by atoms with Crippen LogP contribution in [0.15, 0.2) is 36.4 Å². The van der Waals surface area contributed by atoms with Crippen LogP contribution >= 0.6 is 0 Å². The normalized spacial score (nSPS) is 21.6. The standard InChI is InChI=1S/C26H29N5O7/c1-37-21(33)13-31-19-11-17(5-2-14(19)3-7-20(31)32)30-8-9-38-23(26(30)36)22(34)25(35)29-16-4-6-18-15(10-16)12-28-24(18)27/h2,4-6,10-11,22-24,28,34H,3,7-9,12-13,27H2,1H3,(H,29,35)/t22-,23-,24?/m1/s1. The first-order chi connectivity index (χ1) is 18.3. The van der Waals surface area contributed by atoms with Gasteiger partial charge in [-0.05, 0) is 47.4 Å². The van der Waals surface area contributed by atoms with E-state index in [-0.39, 0.29) is 38.2 Å². The number of rotatable bonds is 6. The SMILES string of the molecule is COC(=O)CN1C(=O)CCc2ccc(N3CCO[C@H]([C@@H](O)C(=O)Nc4ccc5c(c4)CNC5N)C3=O)cc21. The zero-order valence-corrected chi connectivity index (χ0v) is 20.8. The molecule has 3 atom stereocenters. The van der Waals surface area contributed by atoms with Gasteiger partial charge >= 0.3 is 5.97 Å². The molecule has 1 unspecified atom stereocenters. The number of esters is 1. The van der Waals surface area contributed by atoms with E-state index in [1.165, 1.54) is 16.9 Å². The number of carbonyl (C=O) groups is 4. The Kier molecular flexibility index (Phi) is 7.13. The van der Waals surface area contributed by atoms with Gasteiger partial charge in [-0.1, -0.05) is 12.1 Å². The summed E-state index contributed by atoms with van der Waals surface area (Å²) < 4.78 is 10.2. The van der Waals surface area contributed by atoms with Crippen LogP contribution in [0.3, 0.4) is 0 Å². The van der Waals surface area contributed by atoms with Crippen molar-refractivity contribution >= 4 is 40.8 Å². The summed E-state index contributed by atoms with van der Waals surface area (Å²) in [4.78, 5) is 53.3. The van der Waals surface area contributed by atoms with Gasteiger partial charge in [0.05, 0.1) is 19.9 Å². The number of benzene rings is 2. The van der Waals surface area contributed by atoms with E-state index >= 15 is 0 Å². The first-order valence-corrected chi connectivity index (χ1v) is 12.3. The topological polar surface area (TPSA) is 164 Å². The second-order valence-electron chi connectivity index (χ2n) is 9.36. The molecule has 5 rings (SSSR count). The third-order valence-corrected chi connectivity index (χ3v) is 7.03. The van der Waals surface area contributed by atoms with E-state index in [0.29, 0.717) is 30.0 Å². The van der Waals surface area contributed by atoms with Crippen LogP contribution in [0.25, 0.3) is 0 Å². The molecule has 2 aromatic carbocycles. The molecule has 1 fully saturated rings. The summed E-state index contributed by atoms with van der Waals surface area (Å²) in [7, 11) is 1.25. The molecule has 12 heteroatoms. The summed E-state index contributed by atoms with van der Waals surface area (Å²) in [6, 6.07) is 10.4. The average molecular weight is 524 g/mol. The Hall–Kier alpha value is -3.84. The number of aryl methyl sites for hydroxylation is 1. The van der Waals surface area contributed by atoms with Gasteiger partial charge in [-0.25, -0.2) is 0 Å². The molecule has 0 spiro atoms. The summed E-state index contributed by atoms with van der Waals surface area (Å²) in [5, 5.41) is 16.5. The van der Waals surface area contributed by atoms with Crippen molar-refractivity contribution < 1.29 is 33.8 Å². The maximum absolute atomic E-state index is 13.3. The number of nitrogens with two attached hydrogens (primary N) is 1. The fourth-order valence-corrected chi connectivity index (χ4v) is 4.97. The first kappa shape index (κ1) is 25.8. The molecule has 0 bridgehead atoms. The number of carbonyl (C=O) groups excluding carboxylic acids is 4. The highest BCUT2D eigenvalue weighted by molar-refractivity contribution is 6.05. The predicted molar refractivity (Wildman–Crippen MR) is 136 cm³/mol. The maximum atomic E-state index is 13.3. The van der Waals surface area contributed by atoms with Gasteiger partial charge in [-0.2, -0.15) is 0 Å². The van der Waals surface area contributed by atoms with Gasteiger partial charge in [-0.15, -0.1) is 0 Å². The molecule has 0 aromatic heterocycles. The summed E-state index contributed by atoms with van der Waals surface area (Å²) in [6.45, 7) is 0.594. The van der Waals surface area contributed by atoms with Gasteiger partial charge in [0, 0.05) is 36.6 Å². The number of hydrogen-bond donors (Lipinski definition) is 4. The lowest BCUT2D eigenvalue weighted by molar-refractivity contribution is -0.150. The van der Waals surface area contributed by atoms with Crippen molar-refractivity contribution in [1.29, 1.82) is 0 Å². The lowest BCUT2D eigenvalue weighted by Gasteiger charge is -2.35. The number of ether oxygens (including phenoxy) is 2. The molecule has 1 saturated heterocycles. The number of methoxy groups -OCH3 is 1. The number of nitrogens with one attached hydrogen (secondary N) is 2. The molecule has 38 heavy (non-hydrogen) atoms. The average Bonchev–Trinajstić information content (AvgIpc) is 3.29. The van der Waals surface area contributed by atoms with Gasteiger partial charge < -0.3 is 35.4 Å². The van der Waals surface area contributed by atoms with Crippen LogP contribution < -0.4 is 26.2 Å². The number of hydrogen-bond acceptors (Lipinski definition) is 9. The summed E-state index contributed by atoms with van der Waals surface area (Å²) in [6.07, 6.45) is -2.67. The maximum Gasteiger partial charge on any atom is 0.325 e. The molecule has 2 aromatic rings. The highest BCUT2D eigenvalue weighted by atomic mass is 16.5. The van der Waals surface area contributed by atoms with Crippen LogP contribution in [0.2, 0.25) is 0 Å². The van der Waals surface area contributed by atoms with Crippen LogP contribution in [0.1, 0.15) is 29.3 Å².